The Balaban J connectivity index is 0.000000523. The van der Waals surface area contributed by atoms with E-state index in [0.717, 1.165) is 5.69 Å². The van der Waals surface area contributed by atoms with Gasteiger partial charge in [0.25, 0.3) is 0 Å². The maximum absolute atomic E-state index is 10.0. The number of nitrogens with zero attached hydrogens (tertiary/aromatic N) is 3. The number of ketones is 1. The van der Waals surface area contributed by atoms with Crippen LogP contribution in [0, 0.1) is 6.07 Å². The van der Waals surface area contributed by atoms with E-state index in [0.29, 0.717) is 24.1 Å². The smallest absolute Gasteiger partial charge is 0.219 e. The molecule has 0 amide bonds. The molecule has 0 aliphatic rings. The van der Waals surface area contributed by atoms with Crippen LogP contribution >= 0.6 is 0 Å². The summed E-state index contributed by atoms with van der Waals surface area (Å²) in [6, 6.07) is 21.4. The number of aliphatic hydroxyl groups excluding tert-OH is 1. The van der Waals surface area contributed by atoms with Gasteiger partial charge in [-0.2, -0.15) is 23.2 Å². The average Bonchev–Trinajstić information content (AvgIpc) is 2.73. The fraction of sp³-hybridized carbons (Fsp3) is 0.174. The topological polar surface area (TPSA) is 95.6 Å². The number of aliphatic hydroxyl groups is 1. The fourth-order valence-electron chi connectivity index (χ4n) is 2.14. The number of hydrogen-bond donors (Lipinski definition) is 1. The van der Waals surface area contributed by atoms with Gasteiger partial charge in [0.2, 0.25) is 11.8 Å². The monoisotopic (exact) mass is 598 g/mol. The van der Waals surface area contributed by atoms with Crippen LogP contribution in [-0.2, 0) is 31.4 Å². The second kappa shape index (κ2) is 14.8. The Morgan fingerprint density at radius 1 is 1.10 bits per heavy atom. The van der Waals surface area contributed by atoms with E-state index in [1.165, 1.54) is 19.9 Å². The summed E-state index contributed by atoms with van der Waals surface area (Å²) in [4.78, 5) is 18.5. The molecule has 3 rings (SSSR count). The minimum Gasteiger partial charge on any atom is -0.624 e. The molecule has 0 saturated heterocycles. The number of ether oxygens (including phenoxy) is 2. The van der Waals surface area contributed by atoms with Crippen LogP contribution in [-0.4, -0.2) is 27.6 Å². The first kappa shape index (κ1) is 26.0. The van der Waals surface area contributed by atoms with Gasteiger partial charge in [-0.1, -0.05) is 12.1 Å². The first-order valence-corrected chi connectivity index (χ1v) is 9.18. The minimum atomic E-state index is -0.125. The summed E-state index contributed by atoms with van der Waals surface area (Å²) in [5.41, 5.74) is 0.903. The number of rotatable bonds is 8. The van der Waals surface area contributed by atoms with Crippen LogP contribution in [0.25, 0.3) is 5.32 Å². The molecule has 8 heteroatoms. The van der Waals surface area contributed by atoms with Crippen molar-refractivity contribution in [1.82, 2.24) is 9.97 Å². The Kier molecular flexibility index (Phi) is 12.4. The predicted octanol–water partition coefficient (Wildman–Crippen LogP) is 5.01. The molecule has 0 saturated carbocycles. The molecule has 0 atom stereocenters. The number of pyridine rings is 2. The van der Waals surface area contributed by atoms with Crippen molar-refractivity contribution in [2.75, 3.05) is 6.73 Å². The van der Waals surface area contributed by atoms with E-state index in [9.17, 15) is 4.79 Å². The van der Waals surface area contributed by atoms with Crippen molar-refractivity contribution in [2.24, 2.45) is 0 Å². The van der Waals surface area contributed by atoms with Crippen LogP contribution in [0.3, 0.4) is 0 Å². The van der Waals surface area contributed by atoms with E-state index >= 15 is 0 Å². The van der Waals surface area contributed by atoms with Crippen molar-refractivity contribution in [2.45, 2.75) is 20.4 Å². The summed E-state index contributed by atoms with van der Waals surface area (Å²) < 4.78 is 11.1. The molecule has 31 heavy (non-hydrogen) atoms. The average molecular weight is 598 g/mol. The van der Waals surface area contributed by atoms with Crippen molar-refractivity contribution < 1.29 is 39.5 Å². The summed E-state index contributed by atoms with van der Waals surface area (Å²) in [5, 5.41) is 12.6. The van der Waals surface area contributed by atoms with Gasteiger partial charge in [0.15, 0.2) is 5.78 Å². The second-order valence-corrected chi connectivity index (χ2v) is 6.02. The number of aromatic nitrogens is 2. The summed E-state index contributed by atoms with van der Waals surface area (Å²) in [6.45, 7) is 3.57. The number of carbonyl (C=O) groups is 1. The van der Waals surface area contributed by atoms with Crippen molar-refractivity contribution in [1.29, 1.82) is 0 Å². The second-order valence-electron chi connectivity index (χ2n) is 6.02. The van der Waals surface area contributed by atoms with Crippen molar-refractivity contribution in [3.05, 3.63) is 95.8 Å². The molecule has 165 valence electrons. The van der Waals surface area contributed by atoms with E-state index in [2.05, 4.69) is 21.4 Å². The van der Waals surface area contributed by atoms with Gasteiger partial charge in [0, 0.05) is 62.7 Å². The molecule has 1 radical (unpaired) electrons. The molecule has 0 fully saturated rings. The van der Waals surface area contributed by atoms with Crippen LogP contribution in [0.1, 0.15) is 19.5 Å². The molecule has 0 aliphatic heterocycles. The molecule has 0 aliphatic carbocycles. The fourth-order valence-corrected chi connectivity index (χ4v) is 2.14. The maximum atomic E-state index is 10.0. The zero-order chi connectivity index (χ0) is 21.6. The number of hydrogen-bond acceptors (Lipinski definition) is 6. The van der Waals surface area contributed by atoms with E-state index in [1.807, 2.05) is 42.5 Å². The van der Waals surface area contributed by atoms with Crippen LogP contribution in [0.15, 0.2) is 78.7 Å². The van der Waals surface area contributed by atoms with Gasteiger partial charge >= 0.3 is 0 Å². The molecular weight excluding hydrogens is 574 g/mol. The van der Waals surface area contributed by atoms with Crippen LogP contribution < -0.4 is 9.47 Å². The molecule has 2 heterocycles. The van der Waals surface area contributed by atoms with Gasteiger partial charge in [-0.25, -0.2) is 0 Å². The zero-order valence-corrected chi connectivity index (χ0v) is 19.6. The van der Waals surface area contributed by atoms with Crippen molar-refractivity contribution >= 4 is 5.78 Å². The quantitative estimate of drug-likeness (QED) is 0.170. The number of para-hydroxylation sites is 1. The normalized spacial score (nSPS) is 10.2. The van der Waals surface area contributed by atoms with Crippen LogP contribution in [0.4, 0.5) is 0 Å². The largest absolute Gasteiger partial charge is 0.624 e. The summed E-state index contributed by atoms with van der Waals surface area (Å²) in [7, 11) is 0. The Morgan fingerprint density at radius 2 is 1.87 bits per heavy atom. The number of carbonyl (C=O) groups excluding carboxylic acids is 1. The molecule has 0 bridgehead atoms. The van der Waals surface area contributed by atoms with E-state index in [1.54, 1.807) is 24.4 Å². The molecule has 2 aromatic heterocycles. The maximum Gasteiger partial charge on any atom is 0.219 e. The molecule has 0 spiro atoms. The van der Waals surface area contributed by atoms with Gasteiger partial charge in [0.05, 0.1) is 5.76 Å². The van der Waals surface area contributed by atoms with E-state index in [4.69, 9.17) is 14.6 Å². The molecule has 3 aromatic rings. The predicted molar refractivity (Wildman–Crippen MR) is 113 cm³/mol. The van der Waals surface area contributed by atoms with E-state index in [-0.39, 0.29) is 38.4 Å². The zero-order valence-electron chi connectivity index (χ0n) is 17.2. The number of benzene rings is 1. The Labute approximate surface area is 195 Å². The van der Waals surface area contributed by atoms with E-state index < -0.39 is 0 Å². The summed E-state index contributed by atoms with van der Waals surface area (Å²) in [6.07, 6.45) is 2.91. The molecule has 1 N–H and O–H groups in total. The van der Waals surface area contributed by atoms with Gasteiger partial charge < -0.3 is 19.9 Å². The summed E-state index contributed by atoms with van der Waals surface area (Å²) >= 11 is 0. The molecule has 1 aromatic carbocycles. The van der Waals surface area contributed by atoms with Crippen LogP contribution in [0.2, 0.25) is 0 Å². The minimum absolute atomic E-state index is 0. The number of allylic oxidation sites excluding steroid dienone is 2. The third kappa shape index (κ3) is 11.6. The van der Waals surface area contributed by atoms with Gasteiger partial charge in [-0.05, 0) is 26.0 Å². The van der Waals surface area contributed by atoms with Crippen molar-refractivity contribution in [3.63, 3.8) is 0 Å². The van der Waals surface area contributed by atoms with Crippen LogP contribution in [0.5, 0.6) is 17.5 Å². The van der Waals surface area contributed by atoms with Crippen molar-refractivity contribution in [3.8, 4) is 17.5 Å². The summed E-state index contributed by atoms with van der Waals surface area (Å²) in [5.74, 6) is 1.46. The van der Waals surface area contributed by atoms with Gasteiger partial charge in [-0.3, -0.25) is 9.78 Å². The third-order valence-corrected chi connectivity index (χ3v) is 3.31. The molecule has 7 nitrogen and oxygen atoms in total. The first-order valence-electron chi connectivity index (χ1n) is 9.18. The first-order chi connectivity index (χ1) is 14.5. The van der Waals surface area contributed by atoms with Gasteiger partial charge in [0.1, 0.15) is 0 Å². The Morgan fingerprint density at radius 3 is 2.48 bits per heavy atom. The molecular formula is C23H23IrN3O4-2. The molecule has 0 unspecified atom stereocenters. The Hall–Kier alpha value is -3.06. The SMILES string of the molecule is CC(=O)/C=C(/C)O.[Ir].[c-]1ccccc1Oc1cccc(OC[N-]Cc2ccccn2)n1. The Bertz CT molecular complexity index is 934. The van der Waals surface area contributed by atoms with Gasteiger partial charge in [-0.15, -0.1) is 18.7 Å². The standard InChI is InChI=1S/C18H15N3O2.C5H8O2.Ir/c1-2-8-16(9-3-1)23-18-11-6-10-17(21-18)22-14-19-13-15-7-4-5-12-20-15;1-4(6)3-5(2)7;/h1-8,10-12H,13-14H2;3,6H,1-2H3;/q-2;;/b;4-3-;. The third-order valence-electron chi connectivity index (χ3n) is 3.31.